The van der Waals surface area contributed by atoms with E-state index >= 15 is 0 Å². The number of methoxy groups -OCH3 is 2. The lowest BCUT2D eigenvalue weighted by Gasteiger charge is -2.21. The molecule has 6 rings (SSSR count). The van der Waals surface area contributed by atoms with Gasteiger partial charge in [0.2, 0.25) is 12.5 Å². The lowest BCUT2D eigenvalue weighted by Crippen LogP contribution is -2.41. The van der Waals surface area contributed by atoms with Gasteiger partial charge < -0.3 is 18.9 Å². The number of nitrogens with zero attached hydrogens (tertiary/aromatic N) is 2. The highest BCUT2D eigenvalue weighted by atomic mass is 16.7. The molecule has 6 nitrogen and oxygen atoms in total. The first kappa shape index (κ1) is 19.9. The molecule has 2 aromatic heterocycles. The van der Waals surface area contributed by atoms with Gasteiger partial charge in [-0.1, -0.05) is 0 Å². The Morgan fingerprint density at radius 2 is 1.76 bits per heavy atom. The summed E-state index contributed by atoms with van der Waals surface area (Å²) < 4.78 is 25.1. The topological polar surface area (TPSA) is 53.7 Å². The van der Waals surface area contributed by atoms with E-state index in [-0.39, 0.29) is 6.79 Å². The quantitative estimate of drug-likeness (QED) is 0.433. The van der Waals surface area contributed by atoms with Gasteiger partial charge in [-0.15, -0.1) is 0 Å². The van der Waals surface area contributed by atoms with Crippen LogP contribution in [0.2, 0.25) is 0 Å². The van der Waals surface area contributed by atoms with Crippen LogP contribution in [0.15, 0.2) is 55.0 Å². The summed E-state index contributed by atoms with van der Waals surface area (Å²) in [6.07, 6.45) is 8.66. The van der Waals surface area contributed by atoms with Gasteiger partial charge in [-0.2, -0.15) is 4.57 Å². The third-order valence-electron chi connectivity index (χ3n) is 6.66. The molecule has 0 atom stereocenters. The number of rotatable bonds is 5. The molecule has 2 aliphatic rings. The van der Waals surface area contributed by atoms with Crippen LogP contribution in [0, 0.1) is 0 Å². The summed E-state index contributed by atoms with van der Waals surface area (Å²) in [5.74, 6) is 3.17. The molecule has 0 amide bonds. The van der Waals surface area contributed by atoms with Crippen LogP contribution >= 0.6 is 0 Å². The molecular weight excluding hydrogens is 416 g/mol. The fraction of sp³-hybridized carbons (Fsp3) is 0.259. The molecule has 4 aromatic rings. The maximum Gasteiger partial charge on any atom is 0.231 e. The zero-order valence-corrected chi connectivity index (χ0v) is 18.8. The van der Waals surface area contributed by atoms with Crippen LogP contribution in [-0.4, -0.2) is 26.0 Å². The second kappa shape index (κ2) is 7.96. The Balaban J connectivity index is 1.59. The van der Waals surface area contributed by atoms with Gasteiger partial charge in [0.15, 0.2) is 35.7 Å². The van der Waals surface area contributed by atoms with Crippen molar-refractivity contribution < 1.29 is 23.5 Å². The fourth-order valence-electron chi connectivity index (χ4n) is 5.08. The highest BCUT2D eigenvalue weighted by molar-refractivity contribution is 5.95. The highest BCUT2D eigenvalue weighted by Gasteiger charge is 2.32. The van der Waals surface area contributed by atoms with Crippen molar-refractivity contribution in [1.29, 1.82) is 0 Å². The summed E-state index contributed by atoms with van der Waals surface area (Å²) in [4.78, 5) is 4.17. The van der Waals surface area contributed by atoms with Gasteiger partial charge in [0.25, 0.3) is 0 Å². The number of pyridine rings is 2. The van der Waals surface area contributed by atoms with Gasteiger partial charge in [-0.25, -0.2) is 0 Å². The number of fused-ring (bicyclic) bond motifs is 5. The molecule has 0 bridgehead atoms. The van der Waals surface area contributed by atoms with Crippen molar-refractivity contribution in [3.05, 3.63) is 71.7 Å². The van der Waals surface area contributed by atoms with Gasteiger partial charge in [-0.3, -0.25) is 4.98 Å². The van der Waals surface area contributed by atoms with Crippen molar-refractivity contribution in [2.45, 2.75) is 25.8 Å². The van der Waals surface area contributed by atoms with Gasteiger partial charge in [-0.05, 0) is 60.4 Å². The van der Waals surface area contributed by atoms with Crippen molar-refractivity contribution in [3.8, 4) is 34.3 Å². The third-order valence-corrected chi connectivity index (χ3v) is 6.66. The van der Waals surface area contributed by atoms with Crippen LogP contribution < -0.4 is 23.5 Å². The lowest BCUT2D eigenvalue weighted by molar-refractivity contribution is -0.686. The van der Waals surface area contributed by atoms with Crippen LogP contribution in [0.1, 0.15) is 16.7 Å². The van der Waals surface area contributed by atoms with Gasteiger partial charge >= 0.3 is 0 Å². The maximum atomic E-state index is 5.81. The number of ether oxygens (including phenoxy) is 4. The summed E-state index contributed by atoms with van der Waals surface area (Å²) in [6, 6.07) is 12.6. The summed E-state index contributed by atoms with van der Waals surface area (Å²) in [5, 5.41) is 2.24. The Labute approximate surface area is 192 Å². The molecule has 0 fully saturated rings. The first-order chi connectivity index (χ1) is 16.3. The lowest BCUT2D eigenvalue weighted by atomic mass is 9.89. The molecule has 0 spiro atoms. The van der Waals surface area contributed by atoms with Crippen LogP contribution in [-0.2, 0) is 25.8 Å². The van der Waals surface area contributed by atoms with Crippen molar-refractivity contribution >= 4 is 10.8 Å². The molecule has 6 heteroatoms. The minimum Gasteiger partial charge on any atom is -0.493 e. The molecule has 2 aromatic carbocycles. The Morgan fingerprint density at radius 3 is 2.55 bits per heavy atom. The summed E-state index contributed by atoms with van der Waals surface area (Å²) in [5.41, 5.74) is 6.31. The average Bonchev–Trinajstić information content (AvgIpc) is 3.32. The second-order valence-electron chi connectivity index (χ2n) is 8.38. The average molecular weight is 442 g/mol. The second-order valence-corrected chi connectivity index (χ2v) is 8.38. The summed E-state index contributed by atoms with van der Waals surface area (Å²) in [7, 11) is 3.38. The normalized spacial score (nSPS) is 13.5. The molecule has 2 aliphatic heterocycles. The Bertz CT molecular complexity index is 1370. The fourth-order valence-corrected chi connectivity index (χ4v) is 5.08. The zero-order valence-electron chi connectivity index (χ0n) is 18.8. The van der Waals surface area contributed by atoms with Gasteiger partial charge in [0.05, 0.1) is 25.2 Å². The van der Waals surface area contributed by atoms with Crippen LogP contribution in [0.4, 0.5) is 0 Å². The van der Waals surface area contributed by atoms with Crippen molar-refractivity contribution in [2.75, 3.05) is 21.0 Å². The minimum atomic E-state index is 0.280. The molecule has 0 radical (unpaired) electrons. The molecule has 166 valence electrons. The van der Waals surface area contributed by atoms with E-state index in [2.05, 4.69) is 46.1 Å². The van der Waals surface area contributed by atoms with E-state index in [0.717, 1.165) is 54.2 Å². The number of aryl methyl sites for hydroxylation is 4. The van der Waals surface area contributed by atoms with E-state index in [1.165, 1.54) is 33.3 Å². The molecule has 33 heavy (non-hydrogen) atoms. The van der Waals surface area contributed by atoms with Crippen molar-refractivity contribution in [3.63, 3.8) is 0 Å². The first-order valence-electron chi connectivity index (χ1n) is 11.2. The summed E-state index contributed by atoms with van der Waals surface area (Å²) in [6.45, 7) is 1.17. The molecule has 0 N–H and O–H groups in total. The standard InChI is InChI=1S/C27H25N2O4/c1-30-23-6-5-19-20(4-3-17-7-10-28-11-8-17)26-21-14-25-24(32-16-33-25)13-18(21)9-12-29(26)15-22(19)27(23)31-2/h5-8,10-11,13-15H,3-4,9,12,16H2,1-2H3/q+1. The summed E-state index contributed by atoms with van der Waals surface area (Å²) >= 11 is 0. The zero-order chi connectivity index (χ0) is 22.4. The third kappa shape index (κ3) is 3.25. The number of aromatic nitrogens is 2. The monoisotopic (exact) mass is 441 g/mol. The van der Waals surface area contributed by atoms with Crippen LogP contribution in [0.25, 0.3) is 22.0 Å². The SMILES string of the molecule is COc1ccc2c(CCc3ccncc3)c3[n+](cc2c1OC)CCc1cc2c(cc1-3)OCO2. The maximum absolute atomic E-state index is 5.81. The highest BCUT2D eigenvalue weighted by Crippen LogP contribution is 2.43. The van der Waals surface area contributed by atoms with E-state index in [1.54, 1.807) is 14.2 Å². The van der Waals surface area contributed by atoms with Crippen LogP contribution in [0.5, 0.6) is 23.0 Å². The van der Waals surface area contributed by atoms with Gasteiger partial charge in [0.1, 0.15) is 0 Å². The Kier molecular flexibility index (Phi) is 4.79. The minimum absolute atomic E-state index is 0.280. The Hall–Kier alpha value is -3.80. The molecule has 0 aliphatic carbocycles. The molecular formula is C27H25N2O4+. The largest absolute Gasteiger partial charge is 0.493 e. The van der Waals surface area contributed by atoms with E-state index < -0.39 is 0 Å². The number of hydrogen-bond acceptors (Lipinski definition) is 5. The smallest absolute Gasteiger partial charge is 0.231 e. The predicted octanol–water partition coefficient (Wildman–Crippen LogP) is 4.28. The van der Waals surface area contributed by atoms with Gasteiger partial charge in [0, 0.05) is 29.8 Å². The van der Waals surface area contributed by atoms with Crippen LogP contribution in [0.3, 0.4) is 0 Å². The molecule has 0 saturated carbocycles. The van der Waals surface area contributed by atoms with E-state index in [4.69, 9.17) is 18.9 Å². The number of benzene rings is 2. The Morgan fingerprint density at radius 1 is 0.939 bits per heavy atom. The molecule has 0 unspecified atom stereocenters. The number of hydrogen-bond donors (Lipinski definition) is 0. The molecule has 4 heterocycles. The van der Waals surface area contributed by atoms with E-state index in [9.17, 15) is 0 Å². The van der Waals surface area contributed by atoms with Crippen molar-refractivity contribution in [1.82, 2.24) is 4.98 Å². The first-order valence-corrected chi connectivity index (χ1v) is 11.2. The van der Waals surface area contributed by atoms with E-state index in [0.29, 0.717) is 0 Å². The predicted molar refractivity (Wildman–Crippen MR) is 124 cm³/mol. The molecule has 0 saturated heterocycles. The van der Waals surface area contributed by atoms with Crippen molar-refractivity contribution in [2.24, 2.45) is 0 Å². The van der Waals surface area contributed by atoms with E-state index in [1.807, 2.05) is 18.5 Å².